The maximum atomic E-state index is 11.6. The predicted octanol–water partition coefficient (Wildman–Crippen LogP) is 2.40. The smallest absolute Gasteiger partial charge is 0.308 e. The maximum absolute atomic E-state index is 11.6. The fraction of sp³-hybridized carbons (Fsp3) is 1.00. The van der Waals surface area contributed by atoms with Crippen molar-refractivity contribution in [3.05, 3.63) is 0 Å². The van der Waals surface area contributed by atoms with Crippen molar-refractivity contribution in [2.24, 2.45) is 5.92 Å². The molecule has 5 heteroatoms. The predicted molar refractivity (Wildman–Crippen MR) is 43.4 cm³/mol. The van der Waals surface area contributed by atoms with Gasteiger partial charge in [0, 0.05) is 5.88 Å². The van der Waals surface area contributed by atoms with E-state index < -0.39 is 12.7 Å². The third-order valence-corrected chi connectivity index (χ3v) is 1.64. The minimum atomic E-state index is -4.11. The number of hydrogen-bond acceptors (Lipinski definition) is 1. The zero-order valence-corrected chi connectivity index (χ0v) is 7.67. The molecule has 0 aromatic heterocycles. The third kappa shape index (κ3) is 8.14. The molecule has 0 amide bonds. The Morgan fingerprint density at radius 2 is 2.00 bits per heavy atom. The van der Waals surface area contributed by atoms with Gasteiger partial charge in [-0.1, -0.05) is 6.92 Å². The van der Waals surface area contributed by atoms with E-state index in [1.165, 1.54) is 0 Å². The van der Waals surface area contributed by atoms with Crippen molar-refractivity contribution < 1.29 is 13.2 Å². The average molecular weight is 204 g/mol. The van der Waals surface area contributed by atoms with Gasteiger partial charge in [0.25, 0.3) is 0 Å². The fourth-order valence-corrected chi connectivity index (χ4v) is 1.12. The second kappa shape index (κ2) is 5.65. The van der Waals surface area contributed by atoms with E-state index in [9.17, 15) is 13.2 Å². The molecule has 0 aliphatic heterocycles. The standard InChI is InChI=1S/C7H13ClF3N/c1-6(2-3-8)4-12-5-7(9,10)11/h6,12H,2-5H2,1H3. The minimum absolute atomic E-state index is 0.199. The highest BCUT2D eigenvalue weighted by Gasteiger charge is 2.26. The highest BCUT2D eigenvalue weighted by molar-refractivity contribution is 6.17. The van der Waals surface area contributed by atoms with Gasteiger partial charge in [-0.25, -0.2) is 0 Å². The molecule has 0 aliphatic rings. The van der Waals surface area contributed by atoms with Crippen molar-refractivity contribution in [2.45, 2.75) is 19.5 Å². The van der Waals surface area contributed by atoms with Crippen molar-refractivity contribution >= 4 is 11.6 Å². The Morgan fingerprint density at radius 1 is 1.42 bits per heavy atom. The molecule has 74 valence electrons. The van der Waals surface area contributed by atoms with Crippen LogP contribution in [0.15, 0.2) is 0 Å². The molecule has 0 rings (SSSR count). The summed E-state index contributed by atoms with van der Waals surface area (Å²) in [6.45, 7) is 1.32. The topological polar surface area (TPSA) is 12.0 Å². The Morgan fingerprint density at radius 3 is 2.42 bits per heavy atom. The summed E-state index contributed by atoms with van der Waals surface area (Å²) in [7, 11) is 0. The number of hydrogen-bond donors (Lipinski definition) is 1. The van der Waals surface area contributed by atoms with Crippen LogP contribution in [0.1, 0.15) is 13.3 Å². The first-order valence-electron chi connectivity index (χ1n) is 3.79. The minimum Gasteiger partial charge on any atom is -0.308 e. The number of rotatable bonds is 5. The van der Waals surface area contributed by atoms with Crippen molar-refractivity contribution in [1.29, 1.82) is 0 Å². The molecule has 0 fully saturated rings. The van der Waals surface area contributed by atoms with Gasteiger partial charge in [-0.2, -0.15) is 13.2 Å². The van der Waals surface area contributed by atoms with Gasteiger partial charge in [0.05, 0.1) is 6.54 Å². The van der Waals surface area contributed by atoms with Gasteiger partial charge in [-0.15, -0.1) is 11.6 Å². The Hall–Kier alpha value is 0.0400. The Balaban J connectivity index is 3.31. The van der Waals surface area contributed by atoms with Crippen LogP contribution in [0.3, 0.4) is 0 Å². The van der Waals surface area contributed by atoms with Gasteiger partial charge in [0.2, 0.25) is 0 Å². The summed E-state index contributed by atoms with van der Waals surface area (Å²) in [6, 6.07) is 0. The van der Waals surface area contributed by atoms with Gasteiger partial charge >= 0.3 is 6.18 Å². The molecule has 0 spiro atoms. The van der Waals surface area contributed by atoms with E-state index in [0.29, 0.717) is 12.4 Å². The summed E-state index contributed by atoms with van der Waals surface area (Å²) < 4.78 is 34.8. The number of nitrogens with one attached hydrogen (secondary N) is 1. The van der Waals surface area contributed by atoms with Crippen molar-refractivity contribution in [1.82, 2.24) is 5.32 Å². The first kappa shape index (κ1) is 12.0. The fourth-order valence-electron chi connectivity index (χ4n) is 0.749. The summed E-state index contributed by atoms with van der Waals surface area (Å²) in [4.78, 5) is 0. The van der Waals surface area contributed by atoms with Crippen LogP contribution in [0.5, 0.6) is 0 Å². The molecular formula is C7H13ClF3N. The van der Waals surface area contributed by atoms with Crippen molar-refractivity contribution in [2.75, 3.05) is 19.0 Å². The van der Waals surface area contributed by atoms with E-state index in [1.807, 2.05) is 6.92 Å². The van der Waals surface area contributed by atoms with Crippen LogP contribution in [-0.2, 0) is 0 Å². The van der Waals surface area contributed by atoms with Crippen LogP contribution in [0, 0.1) is 5.92 Å². The normalized spacial score (nSPS) is 14.8. The molecule has 0 radical (unpaired) electrons. The molecule has 1 atom stereocenters. The lowest BCUT2D eigenvalue weighted by Gasteiger charge is -2.12. The highest BCUT2D eigenvalue weighted by Crippen LogP contribution is 2.12. The van der Waals surface area contributed by atoms with E-state index in [1.54, 1.807) is 0 Å². The quantitative estimate of drug-likeness (QED) is 0.677. The third-order valence-electron chi connectivity index (χ3n) is 1.42. The first-order chi connectivity index (χ1) is 5.45. The molecule has 0 aromatic rings. The summed E-state index contributed by atoms with van der Waals surface area (Å²) in [5.41, 5.74) is 0. The van der Waals surface area contributed by atoms with E-state index >= 15 is 0 Å². The lowest BCUT2D eigenvalue weighted by molar-refractivity contribution is -0.125. The van der Waals surface area contributed by atoms with Gasteiger partial charge in [-0.3, -0.25) is 0 Å². The second-order valence-corrected chi connectivity index (χ2v) is 3.21. The summed E-state index contributed by atoms with van der Waals surface area (Å²) in [5.74, 6) is 0.694. The lowest BCUT2D eigenvalue weighted by atomic mass is 10.1. The molecule has 1 unspecified atom stereocenters. The first-order valence-corrected chi connectivity index (χ1v) is 4.32. The van der Waals surface area contributed by atoms with E-state index in [2.05, 4.69) is 5.32 Å². The molecule has 12 heavy (non-hydrogen) atoms. The average Bonchev–Trinajstić information content (AvgIpc) is 1.84. The van der Waals surface area contributed by atoms with Crippen LogP contribution < -0.4 is 5.32 Å². The molecule has 1 N–H and O–H groups in total. The van der Waals surface area contributed by atoms with E-state index in [0.717, 1.165) is 6.42 Å². The summed E-state index contributed by atoms with van der Waals surface area (Å²) in [5, 5.41) is 2.33. The highest BCUT2D eigenvalue weighted by atomic mass is 35.5. The van der Waals surface area contributed by atoms with Crippen LogP contribution in [0.2, 0.25) is 0 Å². The van der Waals surface area contributed by atoms with Gasteiger partial charge in [0.15, 0.2) is 0 Å². The zero-order valence-electron chi connectivity index (χ0n) is 6.92. The monoisotopic (exact) mass is 203 g/mol. The van der Waals surface area contributed by atoms with Crippen LogP contribution in [0.25, 0.3) is 0 Å². The number of halogens is 4. The largest absolute Gasteiger partial charge is 0.401 e. The lowest BCUT2D eigenvalue weighted by Crippen LogP contribution is -2.32. The molecule has 0 heterocycles. The molecule has 0 saturated heterocycles. The number of alkyl halides is 4. The van der Waals surface area contributed by atoms with Gasteiger partial charge in [0.1, 0.15) is 0 Å². The summed E-state index contributed by atoms with van der Waals surface area (Å²) >= 11 is 5.42. The Labute approximate surface area is 75.3 Å². The zero-order chi connectivity index (χ0) is 9.61. The Bertz CT molecular complexity index is 116. The molecule has 0 saturated carbocycles. The molecule has 0 bridgehead atoms. The Kier molecular flexibility index (Phi) is 5.66. The summed E-state index contributed by atoms with van der Waals surface area (Å²) in [6.07, 6.45) is -3.37. The van der Waals surface area contributed by atoms with Crippen molar-refractivity contribution in [3.8, 4) is 0 Å². The molecule has 0 aliphatic carbocycles. The van der Waals surface area contributed by atoms with Crippen molar-refractivity contribution in [3.63, 3.8) is 0 Å². The molecule has 0 aromatic carbocycles. The van der Waals surface area contributed by atoms with Gasteiger partial charge in [-0.05, 0) is 18.9 Å². The van der Waals surface area contributed by atoms with Gasteiger partial charge < -0.3 is 5.32 Å². The maximum Gasteiger partial charge on any atom is 0.401 e. The molecule has 1 nitrogen and oxygen atoms in total. The van der Waals surface area contributed by atoms with Crippen LogP contribution in [-0.4, -0.2) is 25.1 Å². The molecular weight excluding hydrogens is 191 g/mol. The SMILES string of the molecule is CC(CCCl)CNCC(F)(F)F. The van der Waals surface area contributed by atoms with E-state index in [4.69, 9.17) is 11.6 Å². The second-order valence-electron chi connectivity index (χ2n) is 2.83. The van der Waals surface area contributed by atoms with Crippen LogP contribution in [0.4, 0.5) is 13.2 Å². The van der Waals surface area contributed by atoms with Crippen LogP contribution >= 0.6 is 11.6 Å². The van der Waals surface area contributed by atoms with E-state index in [-0.39, 0.29) is 5.92 Å².